The van der Waals surface area contributed by atoms with Crippen LogP contribution >= 0.6 is 0 Å². The molecule has 1 amide bonds. The van der Waals surface area contributed by atoms with Crippen molar-refractivity contribution in [1.29, 1.82) is 0 Å². The molecule has 0 unspecified atom stereocenters. The Morgan fingerprint density at radius 2 is 2.17 bits per heavy atom. The first-order chi connectivity index (χ1) is 8.84. The maximum absolute atomic E-state index is 12.2. The molecule has 18 heavy (non-hydrogen) atoms. The highest BCUT2D eigenvalue weighted by Gasteiger charge is 2.18. The van der Waals surface area contributed by atoms with Crippen molar-refractivity contribution in [1.82, 2.24) is 10.3 Å². The lowest BCUT2D eigenvalue weighted by Gasteiger charge is -2.22. The molecule has 1 aromatic carbocycles. The van der Waals surface area contributed by atoms with Gasteiger partial charge in [-0.25, -0.2) is 0 Å². The van der Waals surface area contributed by atoms with Crippen LogP contribution in [0.15, 0.2) is 30.5 Å². The molecule has 93 valence electrons. The third-order valence-electron chi connectivity index (χ3n) is 3.57. The highest BCUT2D eigenvalue weighted by Crippen LogP contribution is 2.20. The molecule has 0 spiro atoms. The Hall–Kier alpha value is -1.77. The van der Waals surface area contributed by atoms with Crippen LogP contribution in [0.25, 0.3) is 10.9 Å². The molecule has 3 nitrogen and oxygen atoms in total. The molecule has 2 aromatic rings. The van der Waals surface area contributed by atoms with Crippen LogP contribution in [0.3, 0.4) is 0 Å². The summed E-state index contributed by atoms with van der Waals surface area (Å²) >= 11 is 0. The molecule has 2 N–H and O–H groups in total. The highest BCUT2D eigenvalue weighted by atomic mass is 16.1. The molecule has 1 aromatic heterocycles. The van der Waals surface area contributed by atoms with Gasteiger partial charge in [-0.05, 0) is 25.3 Å². The van der Waals surface area contributed by atoms with Crippen LogP contribution in [-0.4, -0.2) is 16.9 Å². The van der Waals surface area contributed by atoms with Crippen molar-refractivity contribution in [3.8, 4) is 0 Å². The first-order valence-corrected chi connectivity index (χ1v) is 6.55. The zero-order valence-corrected chi connectivity index (χ0v) is 10.3. The average molecular weight is 241 g/mol. The summed E-state index contributed by atoms with van der Waals surface area (Å²) in [5.74, 6) is 0.0237. The van der Waals surface area contributed by atoms with Crippen molar-refractivity contribution in [3.05, 3.63) is 42.4 Å². The predicted octanol–water partition coefficient (Wildman–Crippen LogP) is 3.04. The molecule has 0 bridgehead atoms. The summed E-state index contributed by atoms with van der Waals surface area (Å²) in [7, 11) is 0. The SMILES string of the molecule is O=C(N[C@@H]1[CH]CCCC1)c1c[nH]c2ccccc12. The molecule has 0 aliphatic heterocycles. The van der Waals surface area contributed by atoms with Crippen molar-refractivity contribution in [3.63, 3.8) is 0 Å². The number of amides is 1. The quantitative estimate of drug-likeness (QED) is 0.834. The summed E-state index contributed by atoms with van der Waals surface area (Å²) in [6, 6.07) is 8.12. The average Bonchev–Trinajstić information content (AvgIpc) is 2.84. The zero-order valence-electron chi connectivity index (χ0n) is 10.3. The number of para-hydroxylation sites is 1. The molecule has 3 rings (SSSR count). The molecular weight excluding hydrogens is 224 g/mol. The van der Waals surface area contributed by atoms with E-state index in [1.54, 1.807) is 6.20 Å². The minimum atomic E-state index is 0.0237. The van der Waals surface area contributed by atoms with Gasteiger partial charge in [0, 0.05) is 23.1 Å². The predicted molar refractivity (Wildman–Crippen MR) is 72.3 cm³/mol. The van der Waals surface area contributed by atoms with E-state index in [1.807, 2.05) is 24.3 Å². The Kier molecular flexibility index (Phi) is 3.05. The van der Waals surface area contributed by atoms with Gasteiger partial charge in [-0.1, -0.05) is 31.0 Å². The van der Waals surface area contributed by atoms with Crippen LogP contribution in [0, 0.1) is 6.42 Å². The molecule has 1 radical (unpaired) electrons. The minimum Gasteiger partial charge on any atom is -0.360 e. The van der Waals surface area contributed by atoms with E-state index in [4.69, 9.17) is 0 Å². The summed E-state index contributed by atoms with van der Waals surface area (Å²) in [5, 5.41) is 4.09. The van der Waals surface area contributed by atoms with Crippen molar-refractivity contribution >= 4 is 16.8 Å². The van der Waals surface area contributed by atoms with Gasteiger partial charge in [0.05, 0.1) is 5.56 Å². The van der Waals surface area contributed by atoms with E-state index in [0.717, 1.165) is 29.3 Å². The molecule has 1 aliphatic rings. The number of H-pyrrole nitrogens is 1. The van der Waals surface area contributed by atoms with Crippen LogP contribution in [0.4, 0.5) is 0 Å². The first-order valence-electron chi connectivity index (χ1n) is 6.55. The van der Waals surface area contributed by atoms with Crippen molar-refractivity contribution < 1.29 is 4.79 Å². The van der Waals surface area contributed by atoms with Gasteiger partial charge in [0.2, 0.25) is 0 Å². The van der Waals surface area contributed by atoms with E-state index in [9.17, 15) is 4.79 Å². The van der Waals surface area contributed by atoms with Crippen LogP contribution < -0.4 is 5.32 Å². The van der Waals surface area contributed by atoms with Crippen molar-refractivity contribution in [2.24, 2.45) is 0 Å². The second-order valence-electron chi connectivity index (χ2n) is 4.85. The number of carbonyl (C=O) groups is 1. The number of hydrogen-bond donors (Lipinski definition) is 2. The van der Waals surface area contributed by atoms with Gasteiger partial charge in [-0.2, -0.15) is 0 Å². The summed E-state index contributed by atoms with van der Waals surface area (Å²) in [6.45, 7) is 0. The van der Waals surface area contributed by atoms with Gasteiger partial charge in [0.25, 0.3) is 5.91 Å². The summed E-state index contributed by atoms with van der Waals surface area (Å²) in [4.78, 5) is 15.4. The Bertz CT molecular complexity index is 552. The molecule has 3 heteroatoms. The first kappa shape index (κ1) is 11.3. The van der Waals surface area contributed by atoms with E-state index in [-0.39, 0.29) is 11.9 Å². The number of rotatable bonds is 2. The van der Waals surface area contributed by atoms with Crippen LogP contribution in [0.5, 0.6) is 0 Å². The Balaban J connectivity index is 1.79. The molecule has 1 heterocycles. The third kappa shape index (κ3) is 2.13. The second-order valence-corrected chi connectivity index (χ2v) is 4.85. The Morgan fingerprint density at radius 3 is 3.00 bits per heavy atom. The topological polar surface area (TPSA) is 44.9 Å². The number of fused-ring (bicyclic) bond motifs is 1. The van der Waals surface area contributed by atoms with Gasteiger partial charge in [0.1, 0.15) is 0 Å². The lowest BCUT2D eigenvalue weighted by Crippen LogP contribution is -2.36. The molecule has 1 aliphatic carbocycles. The number of aromatic nitrogens is 1. The summed E-state index contributed by atoms with van der Waals surface area (Å²) in [5.41, 5.74) is 1.75. The lowest BCUT2D eigenvalue weighted by atomic mass is 9.95. The van der Waals surface area contributed by atoms with Gasteiger partial charge in [-0.15, -0.1) is 0 Å². The minimum absolute atomic E-state index is 0.0237. The third-order valence-corrected chi connectivity index (χ3v) is 3.57. The maximum atomic E-state index is 12.2. The van der Waals surface area contributed by atoms with Crippen molar-refractivity contribution in [2.45, 2.75) is 31.7 Å². The smallest absolute Gasteiger partial charge is 0.253 e. The Morgan fingerprint density at radius 1 is 1.28 bits per heavy atom. The number of nitrogens with one attached hydrogen (secondary N) is 2. The monoisotopic (exact) mass is 241 g/mol. The molecule has 0 saturated heterocycles. The number of aromatic amines is 1. The van der Waals surface area contributed by atoms with E-state index in [2.05, 4.69) is 16.7 Å². The van der Waals surface area contributed by atoms with E-state index in [1.165, 1.54) is 12.8 Å². The van der Waals surface area contributed by atoms with Gasteiger partial charge in [0.15, 0.2) is 0 Å². The molecule has 1 atom stereocenters. The highest BCUT2D eigenvalue weighted by molar-refractivity contribution is 6.06. The second kappa shape index (κ2) is 4.84. The fourth-order valence-corrected chi connectivity index (χ4v) is 2.58. The lowest BCUT2D eigenvalue weighted by molar-refractivity contribution is 0.0939. The van der Waals surface area contributed by atoms with Gasteiger partial charge in [-0.3, -0.25) is 4.79 Å². The fourth-order valence-electron chi connectivity index (χ4n) is 2.58. The van der Waals surface area contributed by atoms with E-state index in [0.29, 0.717) is 0 Å². The van der Waals surface area contributed by atoms with Crippen LogP contribution in [-0.2, 0) is 0 Å². The molecular formula is C15H17N2O. The number of carbonyl (C=O) groups excluding carboxylic acids is 1. The largest absolute Gasteiger partial charge is 0.360 e. The summed E-state index contributed by atoms with van der Waals surface area (Å²) < 4.78 is 0. The van der Waals surface area contributed by atoms with E-state index < -0.39 is 0 Å². The van der Waals surface area contributed by atoms with Gasteiger partial charge >= 0.3 is 0 Å². The van der Waals surface area contributed by atoms with Crippen LogP contribution in [0.2, 0.25) is 0 Å². The van der Waals surface area contributed by atoms with Gasteiger partial charge < -0.3 is 10.3 Å². The standard InChI is InChI=1S/C15H17N2O/c18-15(17-11-6-2-1-3-7-11)13-10-16-14-9-5-4-8-12(13)14/h4-6,8-11,16H,1-3,7H2,(H,17,18)/t11-/m1/s1. The summed E-state index contributed by atoms with van der Waals surface area (Å²) in [6.07, 6.45) is 8.64. The van der Waals surface area contributed by atoms with Crippen LogP contribution in [0.1, 0.15) is 36.0 Å². The fraction of sp³-hybridized carbons (Fsp3) is 0.333. The zero-order chi connectivity index (χ0) is 12.4. The molecule has 1 saturated carbocycles. The number of benzene rings is 1. The van der Waals surface area contributed by atoms with Crippen molar-refractivity contribution in [2.75, 3.05) is 0 Å². The van der Waals surface area contributed by atoms with E-state index >= 15 is 0 Å². The Labute approximate surface area is 107 Å². The normalized spacial score (nSPS) is 16.9. The maximum Gasteiger partial charge on any atom is 0.253 e. The number of hydrogen-bond acceptors (Lipinski definition) is 1. The molecule has 1 fully saturated rings.